The molecule has 0 atom stereocenters. The molecule has 0 rings (SSSR count). The molecule has 0 saturated heterocycles. The summed E-state index contributed by atoms with van der Waals surface area (Å²) in [5.41, 5.74) is 1.97. The van der Waals surface area contributed by atoms with Crippen molar-refractivity contribution in [1.82, 2.24) is 5.43 Å². The van der Waals surface area contributed by atoms with Crippen LogP contribution >= 0.6 is 0 Å². The van der Waals surface area contributed by atoms with Crippen LogP contribution in [0, 0.1) is 0 Å². The fourth-order valence-electron chi connectivity index (χ4n) is 0.0873. The first-order valence-corrected chi connectivity index (χ1v) is 1.42. The monoisotopic (exact) mass is 113 g/mol. The molecule has 7 heavy (non-hydrogen) atoms. The van der Waals surface area contributed by atoms with E-state index in [0.717, 1.165) is 0 Å². The van der Waals surface area contributed by atoms with Crippen LogP contribution in [-0.2, 0) is 4.79 Å². The molecule has 0 amide bonds. The zero-order valence-corrected chi connectivity index (χ0v) is 6.14. The molecular weight excluding hydrogens is 107 g/mol. The van der Waals surface area contributed by atoms with Crippen molar-refractivity contribution in [3.8, 4) is 0 Å². The van der Waals surface area contributed by atoms with Crippen LogP contribution in [0.15, 0.2) is 0 Å². The van der Waals surface area contributed by atoms with E-state index in [2.05, 4.69) is 5.84 Å². The maximum absolute atomic E-state index is 9.46. The van der Waals surface area contributed by atoms with Gasteiger partial charge in [0.1, 0.15) is 6.54 Å². The molecule has 0 heterocycles. The molecule has 0 aromatic rings. The SMILES string of the molecule is NNCC(=O)O.[Na]. The van der Waals surface area contributed by atoms with Gasteiger partial charge in [-0.2, -0.15) is 0 Å². The van der Waals surface area contributed by atoms with Gasteiger partial charge in [-0.25, -0.2) is 5.43 Å². The quantitative estimate of drug-likeness (QED) is 0.223. The summed E-state index contributed by atoms with van der Waals surface area (Å²) in [5.74, 6) is 3.65. The normalized spacial score (nSPS) is 7.00. The van der Waals surface area contributed by atoms with E-state index < -0.39 is 5.97 Å². The Morgan fingerprint density at radius 3 is 2.29 bits per heavy atom. The first-order chi connectivity index (χ1) is 2.77. The number of carboxylic acids is 1. The van der Waals surface area contributed by atoms with Crippen LogP contribution < -0.4 is 11.3 Å². The molecule has 4 nitrogen and oxygen atoms in total. The number of hydrazine groups is 1. The Morgan fingerprint density at radius 2 is 2.29 bits per heavy atom. The van der Waals surface area contributed by atoms with Crippen molar-refractivity contribution in [2.75, 3.05) is 6.54 Å². The second-order valence-corrected chi connectivity index (χ2v) is 0.775. The first kappa shape index (κ1) is 10.4. The van der Waals surface area contributed by atoms with Crippen molar-refractivity contribution < 1.29 is 9.90 Å². The molecule has 0 saturated carbocycles. The van der Waals surface area contributed by atoms with Crippen LogP contribution in [0.5, 0.6) is 0 Å². The number of hydrogen-bond donors (Lipinski definition) is 3. The number of carbonyl (C=O) groups is 1. The average Bonchev–Trinajstić information content (AvgIpc) is 1.35. The van der Waals surface area contributed by atoms with Gasteiger partial charge >= 0.3 is 5.97 Å². The Kier molecular flexibility index (Phi) is 9.48. The van der Waals surface area contributed by atoms with Gasteiger partial charge in [0.25, 0.3) is 0 Å². The van der Waals surface area contributed by atoms with Gasteiger partial charge in [-0.05, 0) is 0 Å². The van der Waals surface area contributed by atoms with Crippen molar-refractivity contribution in [2.45, 2.75) is 0 Å². The van der Waals surface area contributed by atoms with E-state index in [4.69, 9.17) is 5.11 Å². The summed E-state index contributed by atoms with van der Waals surface area (Å²) < 4.78 is 0. The van der Waals surface area contributed by atoms with Crippen LogP contribution in [0.1, 0.15) is 0 Å². The van der Waals surface area contributed by atoms with Crippen molar-refractivity contribution in [2.24, 2.45) is 5.84 Å². The molecule has 0 aliphatic rings. The third kappa shape index (κ3) is 10.7. The van der Waals surface area contributed by atoms with Gasteiger partial charge in [0, 0.05) is 29.6 Å². The van der Waals surface area contributed by atoms with Crippen LogP contribution in [0.25, 0.3) is 0 Å². The van der Waals surface area contributed by atoms with E-state index in [1.54, 1.807) is 0 Å². The number of nitrogens with two attached hydrogens (primary N) is 1. The Balaban J connectivity index is 0. The number of aliphatic carboxylic acids is 1. The van der Waals surface area contributed by atoms with Crippen LogP contribution in [0.2, 0.25) is 0 Å². The van der Waals surface area contributed by atoms with Crippen molar-refractivity contribution in [1.29, 1.82) is 0 Å². The first-order valence-electron chi connectivity index (χ1n) is 1.42. The minimum Gasteiger partial charge on any atom is -0.480 e. The molecule has 0 bridgehead atoms. The molecule has 0 fully saturated rings. The molecule has 0 aliphatic carbocycles. The Bertz CT molecular complexity index is 57.7. The van der Waals surface area contributed by atoms with E-state index in [1.807, 2.05) is 5.43 Å². The maximum atomic E-state index is 9.46. The molecule has 0 aromatic carbocycles. The molecule has 4 N–H and O–H groups in total. The smallest absolute Gasteiger partial charge is 0.318 e. The predicted molar refractivity (Wildman–Crippen MR) is 25.6 cm³/mol. The largest absolute Gasteiger partial charge is 0.480 e. The molecule has 5 heteroatoms. The predicted octanol–water partition coefficient (Wildman–Crippen LogP) is -1.85. The van der Waals surface area contributed by atoms with Crippen molar-refractivity contribution in [3.05, 3.63) is 0 Å². The maximum Gasteiger partial charge on any atom is 0.318 e. The van der Waals surface area contributed by atoms with Gasteiger partial charge in [0.15, 0.2) is 0 Å². The topological polar surface area (TPSA) is 75.3 Å². The minimum absolute atomic E-state index is 0. The fraction of sp³-hybridized carbons (Fsp3) is 0.500. The van der Waals surface area contributed by atoms with E-state index in [-0.39, 0.29) is 36.1 Å². The third-order valence-electron chi connectivity index (χ3n) is 0.253. The molecule has 1 radical (unpaired) electrons. The number of hydrogen-bond acceptors (Lipinski definition) is 3. The summed E-state index contributed by atoms with van der Waals surface area (Å²) in [7, 11) is 0. The van der Waals surface area contributed by atoms with Crippen LogP contribution in [0.3, 0.4) is 0 Å². The number of carboxylic acid groups (broad SMARTS) is 1. The molecule has 37 valence electrons. The van der Waals surface area contributed by atoms with Gasteiger partial charge < -0.3 is 5.11 Å². The fourth-order valence-corrected chi connectivity index (χ4v) is 0.0873. The zero-order chi connectivity index (χ0) is 4.99. The van der Waals surface area contributed by atoms with Gasteiger partial charge in [0.05, 0.1) is 0 Å². The number of nitrogens with one attached hydrogen (secondary N) is 1. The molecular formula is C2H6N2NaO2. The van der Waals surface area contributed by atoms with Gasteiger partial charge in [-0.15, -0.1) is 0 Å². The average molecular weight is 113 g/mol. The molecule has 0 spiro atoms. The Morgan fingerprint density at radius 1 is 1.86 bits per heavy atom. The van der Waals surface area contributed by atoms with E-state index >= 15 is 0 Å². The van der Waals surface area contributed by atoms with E-state index in [1.165, 1.54) is 0 Å². The number of rotatable bonds is 2. The van der Waals surface area contributed by atoms with E-state index in [9.17, 15) is 4.79 Å². The Hall–Kier alpha value is 0.390. The summed E-state index contributed by atoms with van der Waals surface area (Å²) >= 11 is 0. The van der Waals surface area contributed by atoms with E-state index in [0.29, 0.717) is 0 Å². The molecule has 0 aromatic heterocycles. The summed E-state index contributed by atoms with van der Waals surface area (Å²) in [6.07, 6.45) is 0. The van der Waals surface area contributed by atoms with Crippen LogP contribution in [0.4, 0.5) is 0 Å². The Labute approximate surface area is 63.3 Å². The van der Waals surface area contributed by atoms with Gasteiger partial charge in [-0.3, -0.25) is 10.6 Å². The third-order valence-corrected chi connectivity index (χ3v) is 0.253. The van der Waals surface area contributed by atoms with Crippen molar-refractivity contribution >= 4 is 35.5 Å². The van der Waals surface area contributed by atoms with Gasteiger partial charge in [-0.1, -0.05) is 0 Å². The summed E-state index contributed by atoms with van der Waals surface area (Å²) in [5, 5.41) is 7.77. The molecule has 0 unspecified atom stereocenters. The summed E-state index contributed by atoms with van der Waals surface area (Å²) in [4.78, 5) is 9.46. The summed E-state index contributed by atoms with van der Waals surface area (Å²) in [6, 6.07) is 0. The van der Waals surface area contributed by atoms with Crippen molar-refractivity contribution in [3.63, 3.8) is 0 Å². The standard InChI is InChI=1S/C2H6N2O2.Na/c3-4-1-2(5)6;/h4H,1,3H2,(H,5,6);. The second-order valence-electron chi connectivity index (χ2n) is 0.775. The summed E-state index contributed by atoms with van der Waals surface area (Å²) in [6.45, 7) is -0.181. The zero-order valence-electron chi connectivity index (χ0n) is 4.14. The second kappa shape index (κ2) is 6.39. The molecule has 0 aliphatic heterocycles. The van der Waals surface area contributed by atoms with Crippen LogP contribution in [-0.4, -0.2) is 47.2 Å². The van der Waals surface area contributed by atoms with Gasteiger partial charge in [0.2, 0.25) is 0 Å². The minimum atomic E-state index is -0.947.